The van der Waals surface area contributed by atoms with Crippen LogP contribution in [0.2, 0.25) is 0 Å². The number of rotatable bonds is 6. The minimum absolute atomic E-state index is 0.00345. The zero-order valence-electron chi connectivity index (χ0n) is 15.3. The number of nitrogens with zero attached hydrogens (tertiary/aromatic N) is 1. The lowest BCUT2D eigenvalue weighted by atomic mass is 10.3. The van der Waals surface area contributed by atoms with Gasteiger partial charge in [0.25, 0.3) is 15.9 Å². The summed E-state index contributed by atoms with van der Waals surface area (Å²) in [5, 5.41) is 0. The molecule has 9 heteroatoms. The van der Waals surface area contributed by atoms with Gasteiger partial charge in [0, 0.05) is 13.1 Å². The molecule has 1 saturated heterocycles. The van der Waals surface area contributed by atoms with Gasteiger partial charge in [0.2, 0.25) is 0 Å². The van der Waals surface area contributed by atoms with Gasteiger partial charge in [-0.1, -0.05) is 6.07 Å². The Bertz CT molecular complexity index is 928. The summed E-state index contributed by atoms with van der Waals surface area (Å²) in [5.41, 5.74) is 0.130. The van der Waals surface area contributed by atoms with Crippen LogP contribution in [0.1, 0.15) is 6.92 Å². The molecular formula is C19H21FN2O5S. The van der Waals surface area contributed by atoms with E-state index in [2.05, 4.69) is 4.72 Å². The monoisotopic (exact) mass is 408 g/mol. The quantitative estimate of drug-likeness (QED) is 0.793. The number of hydrogen-bond acceptors (Lipinski definition) is 5. The lowest BCUT2D eigenvalue weighted by Crippen LogP contribution is -2.46. The molecule has 2 aromatic carbocycles. The first-order valence-electron chi connectivity index (χ1n) is 8.77. The largest absolute Gasteiger partial charge is 0.481 e. The highest BCUT2D eigenvalue weighted by Gasteiger charge is 2.24. The third kappa shape index (κ3) is 4.99. The molecule has 0 bridgehead atoms. The summed E-state index contributed by atoms with van der Waals surface area (Å²) in [6.45, 7) is 3.70. The number of benzene rings is 2. The van der Waals surface area contributed by atoms with Crippen molar-refractivity contribution in [3.05, 3.63) is 54.3 Å². The molecular weight excluding hydrogens is 387 g/mol. The fourth-order valence-corrected chi connectivity index (χ4v) is 3.81. The second-order valence-corrected chi connectivity index (χ2v) is 7.97. The molecule has 0 radical (unpaired) electrons. The number of amides is 1. The molecule has 28 heavy (non-hydrogen) atoms. The molecule has 3 rings (SSSR count). The lowest BCUT2D eigenvalue weighted by Gasteiger charge is -2.29. The molecule has 0 aliphatic carbocycles. The van der Waals surface area contributed by atoms with Crippen molar-refractivity contribution in [1.82, 2.24) is 4.90 Å². The Morgan fingerprint density at radius 1 is 1.18 bits per heavy atom. The average molecular weight is 408 g/mol. The van der Waals surface area contributed by atoms with Gasteiger partial charge in [-0.15, -0.1) is 0 Å². The predicted octanol–water partition coefficient (Wildman–Crippen LogP) is 2.25. The van der Waals surface area contributed by atoms with Crippen LogP contribution in [0.5, 0.6) is 5.75 Å². The molecule has 1 fully saturated rings. The second-order valence-electron chi connectivity index (χ2n) is 6.28. The summed E-state index contributed by atoms with van der Waals surface area (Å²) in [7, 11) is -3.87. The molecule has 1 atom stereocenters. The molecule has 7 nitrogen and oxygen atoms in total. The maximum atomic E-state index is 13.2. The van der Waals surface area contributed by atoms with Gasteiger partial charge in [-0.3, -0.25) is 9.52 Å². The average Bonchev–Trinajstić information content (AvgIpc) is 2.68. The van der Waals surface area contributed by atoms with Gasteiger partial charge in [-0.25, -0.2) is 12.8 Å². The second kappa shape index (κ2) is 8.57. The molecule has 2 aromatic rings. The maximum Gasteiger partial charge on any atom is 0.263 e. The van der Waals surface area contributed by atoms with Crippen LogP contribution in [0.4, 0.5) is 10.1 Å². The Morgan fingerprint density at radius 2 is 1.86 bits per heavy atom. The fourth-order valence-electron chi connectivity index (χ4n) is 2.76. The van der Waals surface area contributed by atoms with E-state index in [1.807, 2.05) is 0 Å². The first-order valence-corrected chi connectivity index (χ1v) is 10.2. The van der Waals surface area contributed by atoms with E-state index >= 15 is 0 Å². The number of halogens is 1. The van der Waals surface area contributed by atoms with Crippen LogP contribution in [-0.4, -0.2) is 51.6 Å². The number of anilines is 1. The van der Waals surface area contributed by atoms with Crippen molar-refractivity contribution in [2.45, 2.75) is 17.9 Å². The normalized spacial score (nSPS) is 15.7. The molecule has 0 aromatic heterocycles. The van der Waals surface area contributed by atoms with E-state index in [1.165, 1.54) is 42.5 Å². The third-order valence-corrected chi connectivity index (χ3v) is 5.59. The lowest BCUT2D eigenvalue weighted by molar-refractivity contribution is -0.142. The van der Waals surface area contributed by atoms with Gasteiger partial charge in [-0.05, 0) is 49.4 Å². The topological polar surface area (TPSA) is 84.9 Å². The zero-order chi connectivity index (χ0) is 20.1. The van der Waals surface area contributed by atoms with Crippen molar-refractivity contribution >= 4 is 21.6 Å². The van der Waals surface area contributed by atoms with Crippen molar-refractivity contribution in [3.8, 4) is 5.75 Å². The van der Waals surface area contributed by atoms with Gasteiger partial charge >= 0.3 is 0 Å². The van der Waals surface area contributed by atoms with Crippen LogP contribution < -0.4 is 9.46 Å². The molecule has 0 unspecified atom stereocenters. The number of nitrogens with one attached hydrogen (secondary N) is 1. The molecule has 0 spiro atoms. The van der Waals surface area contributed by atoms with Crippen LogP contribution in [-0.2, 0) is 19.6 Å². The van der Waals surface area contributed by atoms with E-state index in [0.29, 0.717) is 32.1 Å². The number of sulfonamides is 1. The first-order chi connectivity index (χ1) is 13.3. The summed E-state index contributed by atoms with van der Waals surface area (Å²) in [5.74, 6) is -0.311. The molecule has 1 heterocycles. The van der Waals surface area contributed by atoms with Gasteiger partial charge < -0.3 is 14.4 Å². The smallest absolute Gasteiger partial charge is 0.263 e. The number of carbonyl (C=O) groups excluding carboxylic acids is 1. The van der Waals surface area contributed by atoms with E-state index < -0.39 is 21.9 Å². The van der Waals surface area contributed by atoms with Crippen LogP contribution in [0.15, 0.2) is 53.4 Å². The minimum Gasteiger partial charge on any atom is -0.481 e. The fraction of sp³-hybridized carbons (Fsp3) is 0.316. The Morgan fingerprint density at radius 3 is 2.50 bits per heavy atom. The summed E-state index contributed by atoms with van der Waals surface area (Å²) in [4.78, 5) is 14.0. The number of hydrogen-bond donors (Lipinski definition) is 1. The molecule has 150 valence electrons. The van der Waals surface area contributed by atoms with Crippen molar-refractivity contribution < 1.29 is 27.1 Å². The summed E-state index contributed by atoms with van der Waals surface area (Å²) >= 11 is 0. The number of morpholine rings is 1. The zero-order valence-corrected chi connectivity index (χ0v) is 16.1. The Kier molecular flexibility index (Phi) is 6.15. The van der Waals surface area contributed by atoms with E-state index in [9.17, 15) is 17.6 Å². The highest BCUT2D eigenvalue weighted by molar-refractivity contribution is 7.92. The molecule has 1 aliphatic heterocycles. The van der Waals surface area contributed by atoms with Gasteiger partial charge in [0.05, 0.1) is 23.8 Å². The van der Waals surface area contributed by atoms with Gasteiger partial charge in [-0.2, -0.15) is 0 Å². The van der Waals surface area contributed by atoms with Crippen LogP contribution in [0, 0.1) is 5.82 Å². The number of ether oxygens (including phenoxy) is 2. The summed E-state index contributed by atoms with van der Waals surface area (Å²) in [6.07, 6.45) is -0.703. The van der Waals surface area contributed by atoms with E-state index in [1.54, 1.807) is 11.8 Å². The molecule has 1 aliphatic rings. The summed E-state index contributed by atoms with van der Waals surface area (Å²) in [6, 6.07) is 10.9. The Balaban J connectivity index is 1.64. The third-order valence-electron chi connectivity index (χ3n) is 4.19. The van der Waals surface area contributed by atoms with Crippen LogP contribution in [0.25, 0.3) is 0 Å². The molecule has 0 saturated carbocycles. The Labute approximate surface area is 163 Å². The SMILES string of the molecule is C[C@@H](Oc1ccc(S(=O)(=O)Nc2cccc(F)c2)cc1)C(=O)N1CCOCC1. The van der Waals surface area contributed by atoms with Gasteiger partial charge in [0.1, 0.15) is 11.6 Å². The maximum absolute atomic E-state index is 13.2. The highest BCUT2D eigenvalue weighted by atomic mass is 32.2. The van der Waals surface area contributed by atoms with Crippen molar-refractivity contribution in [1.29, 1.82) is 0 Å². The van der Waals surface area contributed by atoms with E-state index in [0.717, 1.165) is 6.07 Å². The van der Waals surface area contributed by atoms with Crippen LogP contribution in [0.3, 0.4) is 0 Å². The number of carbonyl (C=O) groups is 1. The Hall–Kier alpha value is -2.65. The van der Waals surface area contributed by atoms with Gasteiger partial charge in [0.15, 0.2) is 6.10 Å². The van der Waals surface area contributed by atoms with Crippen LogP contribution >= 0.6 is 0 Å². The predicted molar refractivity (Wildman–Crippen MR) is 101 cm³/mol. The molecule has 1 N–H and O–H groups in total. The molecule has 1 amide bonds. The van der Waals surface area contributed by atoms with Crippen molar-refractivity contribution in [2.24, 2.45) is 0 Å². The van der Waals surface area contributed by atoms with E-state index in [-0.39, 0.29) is 16.5 Å². The van der Waals surface area contributed by atoms with E-state index in [4.69, 9.17) is 9.47 Å². The standard InChI is InChI=1S/C19H21FN2O5S/c1-14(19(23)22-9-11-26-12-10-22)27-17-5-7-18(8-6-17)28(24,25)21-16-4-2-3-15(20)13-16/h2-8,13-14,21H,9-12H2,1H3/t14-/m1/s1. The van der Waals surface area contributed by atoms with Crippen molar-refractivity contribution in [2.75, 3.05) is 31.0 Å². The van der Waals surface area contributed by atoms with Crippen molar-refractivity contribution in [3.63, 3.8) is 0 Å². The minimum atomic E-state index is -3.87. The summed E-state index contributed by atoms with van der Waals surface area (Å²) < 4.78 is 51.2. The first kappa shape index (κ1) is 20.1. The highest BCUT2D eigenvalue weighted by Crippen LogP contribution is 2.21.